The van der Waals surface area contributed by atoms with Crippen molar-refractivity contribution in [3.8, 4) is 0 Å². The van der Waals surface area contributed by atoms with Crippen molar-refractivity contribution in [2.45, 2.75) is 24.6 Å². The summed E-state index contributed by atoms with van der Waals surface area (Å²) in [4.78, 5) is 37.0. The fourth-order valence-electron chi connectivity index (χ4n) is 2.55. The Morgan fingerprint density at radius 3 is 2.73 bits per heavy atom. The van der Waals surface area contributed by atoms with Gasteiger partial charge < -0.3 is 20.1 Å². The van der Waals surface area contributed by atoms with Crippen LogP contribution in [0.15, 0.2) is 24.3 Å². The first-order valence-electron chi connectivity index (χ1n) is 8.14. The number of amides is 2. The number of rotatable bonds is 7. The minimum absolute atomic E-state index is 0.0538. The molecule has 26 heavy (non-hydrogen) atoms. The van der Waals surface area contributed by atoms with Gasteiger partial charge >= 0.3 is 5.97 Å². The Labute approximate surface area is 154 Å². The number of nitrogens with zero attached hydrogens (tertiary/aromatic N) is 1. The number of aliphatic carboxylic acids is 1. The third kappa shape index (κ3) is 5.99. The number of halogens is 1. The second-order valence-electron chi connectivity index (χ2n) is 5.87. The van der Waals surface area contributed by atoms with Crippen molar-refractivity contribution in [1.29, 1.82) is 0 Å². The van der Waals surface area contributed by atoms with E-state index in [1.165, 1.54) is 29.2 Å². The predicted octanol–water partition coefficient (Wildman–Crippen LogP) is 1.59. The van der Waals surface area contributed by atoms with Crippen LogP contribution < -0.4 is 5.32 Å². The monoisotopic (exact) mass is 384 g/mol. The second kappa shape index (κ2) is 9.54. The molecule has 0 bridgehead atoms. The number of anilines is 1. The lowest BCUT2D eigenvalue weighted by Gasteiger charge is -2.36. The van der Waals surface area contributed by atoms with E-state index < -0.39 is 23.1 Å². The van der Waals surface area contributed by atoms with Gasteiger partial charge in [0.1, 0.15) is 5.82 Å². The summed E-state index contributed by atoms with van der Waals surface area (Å²) in [5, 5.41) is 11.1. The molecule has 0 spiro atoms. The molecule has 0 saturated carbocycles. The number of nitrogens with one attached hydrogen (secondary N) is 1. The summed E-state index contributed by atoms with van der Waals surface area (Å²) in [6, 6.07) is 4.91. The molecule has 2 N–H and O–H groups in total. The molecule has 2 unspecified atom stereocenters. The van der Waals surface area contributed by atoms with Gasteiger partial charge in [0.25, 0.3) is 0 Å². The quantitative estimate of drug-likeness (QED) is 0.741. The third-order valence-electron chi connectivity index (χ3n) is 3.86. The Hall–Kier alpha value is -2.13. The predicted molar refractivity (Wildman–Crippen MR) is 95.5 cm³/mol. The van der Waals surface area contributed by atoms with Gasteiger partial charge in [0.2, 0.25) is 11.8 Å². The van der Waals surface area contributed by atoms with Crippen molar-refractivity contribution < 1.29 is 28.6 Å². The number of hydrogen-bond donors (Lipinski definition) is 2. The van der Waals surface area contributed by atoms with Crippen molar-refractivity contribution in [2.24, 2.45) is 0 Å². The summed E-state index contributed by atoms with van der Waals surface area (Å²) in [7, 11) is 0. The molecule has 7 nitrogen and oxygen atoms in total. The molecule has 1 fully saturated rings. The van der Waals surface area contributed by atoms with E-state index in [4.69, 9.17) is 9.84 Å². The van der Waals surface area contributed by atoms with Crippen LogP contribution in [0, 0.1) is 5.82 Å². The van der Waals surface area contributed by atoms with E-state index in [1.54, 1.807) is 6.92 Å². The van der Waals surface area contributed by atoms with Crippen LogP contribution in [0.4, 0.5) is 10.1 Å². The highest BCUT2D eigenvalue weighted by molar-refractivity contribution is 8.01. The van der Waals surface area contributed by atoms with Gasteiger partial charge in [0.05, 0.1) is 36.7 Å². The van der Waals surface area contributed by atoms with Gasteiger partial charge in [0, 0.05) is 12.2 Å². The SMILES string of the molecule is CC(SCC(=O)Nc1ccc(F)cc1)C(=O)N1CCOCC1CC(=O)O. The van der Waals surface area contributed by atoms with E-state index in [9.17, 15) is 18.8 Å². The largest absolute Gasteiger partial charge is 0.481 e. The van der Waals surface area contributed by atoms with E-state index in [2.05, 4.69) is 5.32 Å². The lowest BCUT2D eigenvalue weighted by Crippen LogP contribution is -2.51. The fraction of sp³-hybridized carbons (Fsp3) is 0.471. The Kier molecular flexibility index (Phi) is 7.40. The zero-order valence-electron chi connectivity index (χ0n) is 14.3. The standard InChI is InChI=1S/C17H21FN2O5S/c1-11(17(24)20-6-7-25-9-14(20)8-16(22)23)26-10-15(21)19-13-4-2-12(18)3-5-13/h2-5,11,14H,6-10H2,1H3,(H,19,21)(H,22,23). The molecule has 1 aromatic carbocycles. The maximum Gasteiger partial charge on any atom is 0.305 e. The van der Waals surface area contributed by atoms with Crippen LogP contribution in [0.25, 0.3) is 0 Å². The number of hydrogen-bond acceptors (Lipinski definition) is 5. The highest BCUT2D eigenvalue weighted by Gasteiger charge is 2.31. The second-order valence-corrected chi connectivity index (χ2v) is 7.20. The van der Waals surface area contributed by atoms with E-state index in [0.717, 1.165) is 11.8 Å². The number of carboxylic acid groups (broad SMARTS) is 1. The number of ether oxygens (including phenoxy) is 1. The first kappa shape index (κ1) is 20.2. The molecule has 0 aromatic heterocycles. The van der Waals surface area contributed by atoms with Crippen molar-refractivity contribution in [3.05, 3.63) is 30.1 Å². The van der Waals surface area contributed by atoms with Crippen LogP contribution in [0.1, 0.15) is 13.3 Å². The Bertz CT molecular complexity index is 655. The first-order valence-corrected chi connectivity index (χ1v) is 9.18. The summed E-state index contributed by atoms with van der Waals surface area (Å²) in [6.45, 7) is 2.58. The molecule has 1 heterocycles. The number of morpholine rings is 1. The molecule has 2 rings (SSSR count). The third-order valence-corrected chi connectivity index (χ3v) is 4.99. The summed E-state index contributed by atoms with van der Waals surface area (Å²) in [6.07, 6.45) is -0.172. The molecular formula is C17H21FN2O5S. The smallest absolute Gasteiger partial charge is 0.305 e. The summed E-state index contributed by atoms with van der Waals surface area (Å²) < 4.78 is 18.1. The van der Waals surface area contributed by atoms with E-state index >= 15 is 0 Å². The molecule has 1 aliphatic rings. The molecule has 9 heteroatoms. The lowest BCUT2D eigenvalue weighted by atomic mass is 10.1. The number of thioether (sulfide) groups is 1. The molecule has 1 aromatic rings. The number of carbonyl (C=O) groups is 3. The molecule has 1 aliphatic heterocycles. The average molecular weight is 384 g/mol. The topological polar surface area (TPSA) is 95.9 Å². The van der Waals surface area contributed by atoms with Crippen molar-refractivity contribution in [2.75, 3.05) is 30.8 Å². The van der Waals surface area contributed by atoms with Crippen LogP contribution in [-0.2, 0) is 19.1 Å². The minimum Gasteiger partial charge on any atom is -0.481 e. The number of carboxylic acids is 1. The summed E-state index contributed by atoms with van der Waals surface area (Å²) >= 11 is 1.16. The zero-order valence-corrected chi connectivity index (χ0v) is 15.1. The van der Waals surface area contributed by atoms with E-state index in [-0.39, 0.29) is 30.6 Å². The lowest BCUT2D eigenvalue weighted by molar-refractivity contribution is -0.145. The van der Waals surface area contributed by atoms with Crippen molar-refractivity contribution in [1.82, 2.24) is 4.90 Å². The van der Waals surface area contributed by atoms with Crippen molar-refractivity contribution >= 4 is 35.2 Å². The van der Waals surface area contributed by atoms with E-state index in [0.29, 0.717) is 18.8 Å². The van der Waals surface area contributed by atoms with Crippen LogP contribution in [0.5, 0.6) is 0 Å². The van der Waals surface area contributed by atoms with Gasteiger partial charge in [-0.05, 0) is 31.2 Å². The Morgan fingerprint density at radius 2 is 2.08 bits per heavy atom. The molecule has 2 amide bonds. The van der Waals surface area contributed by atoms with Crippen LogP contribution >= 0.6 is 11.8 Å². The molecule has 142 valence electrons. The fourth-order valence-corrected chi connectivity index (χ4v) is 3.30. The summed E-state index contributed by atoms with van der Waals surface area (Å²) in [5.41, 5.74) is 0.477. The molecule has 0 radical (unpaired) electrons. The Balaban J connectivity index is 1.84. The van der Waals surface area contributed by atoms with Gasteiger partial charge in [-0.25, -0.2) is 4.39 Å². The summed E-state index contributed by atoms with van der Waals surface area (Å²) in [5.74, 6) is -1.84. The van der Waals surface area contributed by atoms with Gasteiger partial charge in [-0.1, -0.05) is 0 Å². The zero-order chi connectivity index (χ0) is 19.1. The maximum absolute atomic E-state index is 12.8. The maximum atomic E-state index is 12.8. The number of benzene rings is 1. The van der Waals surface area contributed by atoms with Gasteiger partial charge in [-0.15, -0.1) is 11.8 Å². The average Bonchev–Trinajstić information content (AvgIpc) is 2.61. The van der Waals surface area contributed by atoms with Crippen LogP contribution in [0.2, 0.25) is 0 Å². The molecular weight excluding hydrogens is 363 g/mol. The molecule has 2 atom stereocenters. The first-order chi connectivity index (χ1) is 12.4. The van der Waals surface area contributed by atoms with Crippen LogP contribution in [0.3, 0.4) is 0 Å². The van der Waals surface area contributed by atoms with Gasteiger partial charge in [-0.3, -0.25) is 14.4 Å². The highest BCUT2D eigenvalue weighted by Crippen LogP contribution is 2.19. The van der Waals surface area contributed by atoms with Gasteiger partial charge in [-0.2, -0.15) is 0 Å². The number of carbonyl (C=O) groups excluding carboxylic acids is 2. The van der Waals surface area contributed by atoms with Crippen LogP contribution in [-0.4, -0.2) is 64.6 Å². The van der Waals surface area contributed by atoms with Crippen molar-refractivity contribution in [3.63, 3.8) is 0 Å². The minimum atomic E-state index is -0.989. The normalized spacial score (nSPS) is 18.2. The van der Waals surface area contributed by atoms with E-state index in [1.807, 2.05) is 0 Å². The molecule has 0 aliphatic carbocycles. The Morgan fingerprint density at radius 1 is 1.38 bits per heavy atom. The highest BCUT2D eigenvalue weighted by atomic mass is 32.2. The molecule has 1 saturated heterocycles. The van der Waals surface area contributed by atoms with Gasteiger partial charge in [0.15, 0.2) is 0 Å².